The highest BCUT2D eigenvalue weighted by atomic mass is 16.2. The predicted molar refractivity (Wildman–Crippen MR) is 70.4 cm³/mol. The van der Waals surface area contributed by atoms with Crippen molar-refractivity contribution in [2.24, 2.45) is 5.73 Å². The number of benzene rings is 1. The third kappa shape index (κ3) is 3.56. The number of hydrogen-bond acceptors (Lipinski definition) is 3. The van der Waals surface area contributed by atoms with Crippen molar-refractivity contribution in [3.8, 4) is 0 Å². The van der Waals surface area contributed by atoms with Crippen LogP contribution in [0.3, 0.4) is 0 Å². The van der Waals surface area contributed by atoms with E-state index in [4.69, 9.17) is 5.73 Å². The van der Waals surface area contributed by atoms with Crippen LogP contribution in [-0.2, 0) is 0 Å². The molecule has 2 amide bonds. The summed E-state index contributed by atoms with van der Waals surface area (Å²) in [7, 11) is 3.34. The van der Waals surface area contributed by atoms with Crippen molar-refractivity contribution in [1.82, 2.24) is 10.2 Å². The quantitative estimate of drug-likeness (QED) is 0.814. The first kappa shape index (κ1) is 14.2. The molecule has 0 bridgehead atoms. The smallest absolute Gasteiger partial charge is 0.253 e. The molecule has 1 atom stereocenters. The molecular weight excluding hydrogens is 230 g/mol. The third-order valence-electron chi connectivity index (χ3n) is 2.51. The third-order valence-corrected chi connectivity index (χ3v) is 2.51. The first-order valence-corrected chi connectivity index (χ1v) is 5.78. The summed E-state index contributed by atoms with van der Waals surface area (Å²) in [5.41, 5.74) is 6.40. The molecule has 0 saturated carbocycles. The summed E-state index contributed by atoms with van der Waals surface area (Å²) in [6, 6.07) is 6.54. The molecular formula is C13H19N3O2. The van der Waals surface area contributed by atoms with E-state index in [9.17, 15) is 9.59 Å². The van der Waals surface area contributed by atoms with Gasteiger partial charge in [0.2, 0.25) is 0 Å². The largest absolute Gasteiger partial charge is 0.348 e. The SMILES string of the molecule is C[C@@H](CN)NC(=O)c1cccc(C(=O)N(C)C)c1. The molecule has 0 aliphatic heterocycles. The van der Waals surface area contributed by atoms with Gasteiger partial charge in [-0.1, -0.05) is 6.07 Å². The van der Waals surface area contributed by atoms with Crippen LogP contribution in [0.25, 0.3) is 0 Å². The molecule has 0 aliphatic rings. The number of nitrogens with two attached hydrogens (primary N) is 1. The van der Waals surface area contributed by atoms with Gasteiger partial charge in [0.05, 0.1) is 0 Å². The maximum atomic E-state index is 11.9. The van der Waals surface area contributed by atoms with Crippen LogP contribution in [0, 0.1) is 0 Å². The van der Waals surface area contributed by atoms with Gasteiger partial charge in [-0.25, -0.2) is 0 Å². The van der Waals surface area contributed by atoms with E-state index < -0.39 is 0 Å². The van der Waals surface area contributed by atoms with Crippen LogP contribution in [-0.4, -0.2) is 43.4 Å². The number of amides is 2. The van der Waals surface area contributed by atoms with E-state index in [1.165, 1.54) is 4.90 Å². The second-order valence-electron chi connectivity index (χ2n) is 4.39. The Morgan fingerprint density at radius 1 is 1.33 bits per heavy atom. The zero-order chi connectivity index (χ0) is 13.7. The number of rotatable bonds is 4. The maximum Gasteiger partial charge on any atom is 0.253 e. The highest BCUT2D eigenvalue weighted by Gasteiger charge is 2.12. The number of nitrogens with one attached hydrogen (secondary N) is 1. The van der Waals surface area contributed by atoms with Gasteiger partial charge in [-0.15, -0.1) is 0 Å². The molecule has 0 aliphatic carbocycles. The van der Waals surface area contributed by atoms with Crippen LogP contribution in [0.2, 0.25) is 0 Å². The number of hydrogen-bond donors (Lipinski definition) is 2. The number of carbonyl (C=O) groups excluding carboxylic acids is 2. The first-order chi connectivity index (χ1) is 8.45. The van der Waals surface area contributed by atoms with Crippen LogP contribution < -0.4 is 11.1 Å². The standard InChI is InChI=1S/C13H19N3O2/c1-9(8-14)15-12(17)10-5-4-6-11(7-10)13(18)16(2)3/h4-7,9H,8,14H2,1-3H3,(H,15,17)/t9-/m0/s1. The average Bonchev–Trinajstić information content (AvgIpc) is 2.37. The van der Waals surface area contributed by atoms with Gasteiger partial charge in [0.15, 0.2) is 0 Å². The van der Waals surface area contributed by atoms with Crippen molar-refractivity contribution in [2.45, 2.75) is 13.0 Å². The summed E-state index contributed by atoms with van der Waals surface area (Å²) in [5, 5.41) is 2.75. The van der Waals surface area contributed by atoms with Crippen LogP contribution in [0.4, 0.5) is 0 Å². The maximum absolute atomic E-state index is 11.9. The van der Waals surface area contributed by atoms with E-state index in [0.29, 0.717) is 17.7 Å². The van der Waals surface area contributed by atoms with Crippen molar-refractivity contribution in [3.63, 3.8) is 0 Å². The fourth-order valence-corrected chi connectivity index (χ4v) is 1.42. The number of nitrogens with zero attached hydrogens (tertiary/aromatic N) is 1. The van der Waals surface area contributed by atoms with E-state index in [1.54, 1.807) is 38.4 Å². The molecule has 1 aromatic rings. The molecule has 98 valence electrons. The van der Waals surface area contributed by atoms with Crippen LogP contribution in [0.1, 0.15) is 27.6 Å². The minimum Gasteiger partial charge on any atom is -0.348 e. The average molecular weight is 249 g/mol. The lowest BCUT2D eigenvalue weighted by Crippen LogP contribution is -2.37. The van der Waals surface area contributed by atoms with Crippen molar-refractivity contribution in [1.29, 1.82) is 0 Å². The second kappa shape index (κ2) is 6.16. The lowest BCUT2D eigenvalue weighted by molar-refractivity contribution is 0.0827. The lowest BCUT2D eigenvalue weighted by atomic mass is 10.1. The van der Waals surface area contributed by atoms with Gasteiger partial charge in [-0.3, -0.25) is 9.59 Å². The monoisotopic (exact) mass is 249 g/mol. The summed E-state index contributed by atoms with van der Waals surface area (Å²) in [6.45, 7) is 2.20. The van der Waals surface area contributed by atoms with Gasteiger partial charge < -0.3 is 16.0 Å². The molecule has 0 heterocycles. The Morgan fingerprint density at radius 2 is 1.94 bits per heavy atom. The molecule has 0 unspecified atom stereocenters. The van der Waals surface area contributed by atoms with Crippen molar-refractivity contribution < 1.29 is 9.59 Å². The summed E-state index contributed by atoms with van der Waals surface area (Å²) < 4.78 is 0. The fraction of sp³-hybridized carbons (Fsp3) is 0.385. The topological polar surface area (TPSA) is 75.4 Å². The molecule has 1 aromatic carbocycles. The number of carbonyl (C=O) groups is 2. The fourth-order valence-electron chi connectivity index (χ4n) is 1.42. The predicted octanol–water partition coefficient (Wildman–Crippen LogP) is 0.465. The molecule has 0 aromatic heterocycles. The van der Waals surface area contributed by atoms with Gasteiger partial charge >= 0.3 is 0 Å². The van der Waals surface area contributed by atoms with Gasteiger partial charge in [0.1, 0.15) is 0 Å². The Labute approximate surface area is 107 Å². The van der Waals surface area contributed by atoms with E-state index in [1.807, 2.05) is 6.92 Å². The van der Waals surface area contributed by atoms with Gasteiger partial charge in [-0.2, -0.15) is 0 Å². The molecule has 5 heteroatoms. The van der Waals surface area contributed by atoms with Crippen LogP contribution >= 0.6 is 0 Å². The van der Waals surface area contributed by atoms with E-state index >= 15 is 0 Å². The summed E-state index contributed by atoms with van der Waals surface area (Å²) in [6.07, 6.45) is 0. The molecule has 1 rings (SSSR count). The minimum atomic E-state index is -0.221. The Balaban J connectivity index is 2.88. The zero-order valence-electron chi connectivity index (χ0n) is 10.9. The lowest BCUT2D eigenvalue weighted by Gasteiger charge is -2.13. The van der Waals surface area contributed by atoms with E-state index in [2.05, 4.69) is 5.32 Å². The van der Waals surface area contributed by atoms with Gasteiger partial charge in [-0.05, 0) is 25.1 Å². The van der Waals surface area contributed by atoms with Crippen molar-refractivity contribution in [2.75, 3.05) is 20.6 Å². The normalized spacial score (nSPS) is 11.8. The van der Waals surface area contributed by atoms with Crippen molar-refractivity contribution >= 4 is 11.8 Å². The second-order valence-corrected chi connectivity index (χ2v) is 4.39. The van der Waals surface area contributed by atoms with Gasteiger partial charge in [0.25, 0.3) is 11.8 Å². The minimum absolute atomic E-state index is 0.0919. The molecule has 3 N–H and O–H groups in total. The van der Waals surface area contributed by atoms with E-state index in [-0.39, 0.29) is 17.9 Å². The van der Waals surface area contributed by atoms with Crippen LogP contribution in [0.15, 0.2) is 24.3 Å². The van der Waals surface area contributed by atoms with Crippen molar-refractivity contribution in [3.05, 3.63) is 35.4 Å². The summed E-state index contributed by atoms with van der Waals surface area (Å²) >= 11 is 0. The molecule has 18 heavy (non-hydrogen) atoms. The first-order valence-electron chi connectivity index (χ1n) is 5.78. The molecule has 5 nitrogen and oxygen atoms in total. The zero-order valence-corrected chi connectivity index (χ0v) is 10.9. The molecule has 0 saturated heterocycles. The van der Waals surface area contributed by atoms with Crippen LogP contribution in [0.5, 0.6) is 0 Å². The Morgan fingerprint density at radius 3 is 2.50 bits per heavy atom. The molecule has 0 spiro atoms. The Bertz CT molecular complexity index is 444. The summed E-state index contributed by atoms with van der Waals surface area (Å²) in [5.74, 6) is -0.349. The van der Waals surface area contributed by atoms with E-state index in [0.717, 1.165) is 0 Å². The molecule has 0 fully saturated rings. The Hall–Kier alpha value is -1.88. The molecule has 0 radical (unpaired) electrons. The van der Waals surface area contributed by atoms with Gasteiger partial charge in [0, 0.05) is 37.8 Å². The Kier molecular flexibility index (Phi) is 4.85. The summed E-state index contributed by atoms with van der Waals surface area (Å²) in [4.78, 5) is 25.1. The highest BCUT2D eigenvalue weighted by Crippen LogP contribution is 2.07. The highest BCUT2D eigenvalue weighted by molar-refractivity contribution is 5.99.